The third-order valence-corrected chi connectivity index (χ3v) is 6.67. The topological polar surface area (TPSA) is 89.5 Å². The number of hydrogen-bond donors (Lipinski definition) is 1. The predicted molar refractivity (Wildman–Crippen MR) is 132 cm³/mol. The van der Waals surface area contributed by atoms with Gasteiger partial charge in [0.2, 0.25) is 5.91 Å². The minimum Gasteiger partial charge on any atom is -0.465 e. The zero-order valence-electron chi connectivity index (χ0n) is 18.1. The number of nitrogens with zero attached hydrogens (tertiary/aromatic N) is 3. The first kappa shape index (κ1) is 22.8. The van der Waals surface area contributed by atoms with Crippen LogP contribution in [0.3, 0.4) is 0 Å². The standard InChI is InChI=1S/C23H22N4O4S2/c1-15-20(22(30)27(25(15)2)16-8-4-3-5-9-16)24-19(28)11-6-12-26-21(29)18(33-23(26)32)14-17-10-7-13-31-17/h3-5,7-10,13-14H,6,11-12H2,1-2H3,(H,24,28). The molecule has 4 rings (SSSR count). The van der Waals surface area contributed by atoms with Crippen LogP contribution in [0.2, 0.25) is 0 Å². The summed E-state index contributed by atoms with van der Waals surface area (Å²) < 4.78 is 8.92. The van der Waals surface area contributed by atoms with Gasteiger partial charge in [0.1, 0.15) is 15.8 Å². The van der Waals surface area contributed by atoms with Gasteiger partial charge in [-0.15, -0.1) is 0 Å². The Balaban J connectivity index is 1.37. The number of thioether (sulfide) groups is 1. The molecule has 0 bridgehead atoms. The Labute approximate surface area is 199 Å². The minimum atomic E-state index is -0.297. The second kappa shape index (κ2) is 9.63. The third kappa shape index (κ3) is 4.71. The molecule has 33 heavy (non-hydrogen) atoms. The van der Waals surface area contributed by atoms with E-state index in [9.17, 15) is 14.4 Å². The molecular weight excluding hydrogens is 460 g/mol. The van der Waals surface area contributed by atoms with Crippen molar-refractivity contribution in [1.29, 1.82) is 0 Å². The molecule has 1 aliphatic heterocycles. The van der Waals surface area contributed by atoms with Crippen LogP contribution in [0, 0.1) is 6.92 Å². The highest BCUT2D eigenvalue weighted by molar-refractivity contribution is 8.26. The van der Waals surface area contributed by atoms with Crippen LogP contribution in [0.5, 0.6) is 0 Å². The number of furan rings is 1. The second-order valence-corrected chi connectivity index (χ2v) is 9.11. The number of thiocarbonyl (C=S) groups is 1. The molecule has 2 amide bonds. The SMILES string of the molecule is Cc1c(NC(=O)CCCN2C(=O)C(=Cc3ccco3)SC2=S)c(=O)n(-c2ccccc2)n1C. The predicted octanol–water partition coefficient (Wildman–Crippen LogP) is 3.70. The fraction of sp³-hybridized carbons (Fsp3) is 0.217. The molecule has 0 spiro atoms. The molecule has 0 saturated carbocycles. The van der Waals surface area contributed by atoms with Gasteiger partial charge in [-0.2, -0.15) is 0 Å². The molecule has 170 valence electrons. The van der Waals surface area contributed by atoms with Crippen LogP contribution in [0.1, 0.15) is 24.3 Å². The molecule has 2 aromatic heterocycles. The van der Waals surface area contributed by atoms with E-state index < -0.39 is 0 Å². The van der Waals surface area contributed by atoms with Gasteiger partial charge >= 0.3 is 0 Å². The van der Waals surface area contributed by atoms with Crippen LogP contribution in [0.15, 0.2) is 62.8 Å². The van der Waals surface area contributed by atoms with Gasteiger partial charge in [-0.1, -0.05) is 42.2 Å². The van der Waals surface area contributed by atoms with E-state index in [0.717, 1.165) is 0 Å². The summed E-state index contributed by atoms with van der Waals surface area (Å²) in [7, 11) is 1.77. The lowest BCUT2D eigenvalue weighted by atomic mass is 10.2. The summed E-state index contributed by atoms with van der Waals surface area (Å²) in [5.41, 5.74) is 1.32. The molecule has 1 fully saturated rings. The number of hydrogen-bond acceptors (Lipinski definition) is 6. The monoisotopic (exact) mass is 482 g/mol. The van der Waals surface area contributed by atoms with Crippen molar-refractivity contribution in [2.45, 2.75) is 19.8 Å². The summed E-state index contributed by atoms with van der Waals surface area (Å²) in [5.74, 6) is 0.0818. The lowest BCUT2D eigenvalue weighted by Gasteiger charge is -2.13. The number of carbonyl (C=O) groups is 2. The van der Waals surface area contributed by atoms with Gasteiger partial charge in [0.15, 0.2) is 0 Å². The van der Waals surface area contributed by atoms with E-state index in [2.05, 4.69) is 5.32 Å². The van der Waals surface area contributed by atoms with E-state index >= 15 is 0 Å². The van der Waals surface area contributed by atoms with Crippen LogP contribution in [-0.4, -0.2) is 36.9 Å². The average Bonchev–Trinajstić information content (AvgIpc) is 3.46. The summed E-state index contributed by atoms with van der Waals surface area (Å²) in [4.78, 5) is 40.1. The Morgan fingerprint density at radius 1 is 1.18 bits per heavy atom. The first-order valence-corrected chi connectivity index (χ1v) is 11.5. The molecule has 0 aliphatic carbocycles. The molecule has 0 unspecified atom stereocenters. The molecule has 3 heterocycles. The maximum Gasteiger partial charge on any atom is 0.295 e. The van der Waals surface area contributed by atoms with Crippen molar-refractivity contribution >= 4 is 51.9 Å². The molecule has 10 heteroatoms. The van der Waals surface area contributed by atoms with Crippen molar-refractivity contribution in [3.05, 3.63) is 75.4 Å². The number of amides is 2. The fourth-order valence-electron chi connectivity index (χ4n) is 3.51. The summed E-state index contributed by atoms with van der Waals surface area (Å²) in [6, 6.07) is 12.7. The number of aromatic nitrogens is 2. The van der Waals surface area contributed by atoms with Gasteiger partial charge in [-0.05, 0) is 37.6 Å². The van der Waals surface area contributed by atoms with Gasteiger partial charge in [0.25, 0.3) is 11.5 Å². The maximum absolute atomic E-state index is 12.9. The highest BCUT2D eigenvalue weighted by Gasteiger charge is 2.32. The largest absolute Gasteiger partial charge is 0.465 e. The van der Waals surface area contributed by atoms with E-state index in [0.29, 0.717) is 39.3 Å². The summed E-state index contributed by atoms with van der Waals surface area (Å²) in [6.07, 6.45) is 3.74. The van der Waals surface area contributed by atoms with Crippen molar-refractivity contribution in [3.63, 3.8) is 0 Å². The molecule has 0 radical (unpaired) electrons. The quantitative estimate of drug-likeness (QED) is 0.408. The van der Waals surface area contributed by atoms with E-state index in [1.54, 1.807) is 36.9 Å². The molecule has 1 aromatic carbocycles. The zero-order valence-corrected chi connectivity index (χ0v) is 19.7. The second-order valence-electron chi connectivity index (χ2n) is 7.44. The number of rotatable bonds is 7. The number of anilines is 1. The molecule has 0 atom stereocenters. The molecule has 3 aromatic rings. The summed E-state index contributed by atoms with van der Waals surface area (Å²) >= 11 is 6.53. The van der Waals surface area contributed by atoms with Crippen molar-refractivity contribution in [3.8, 4) is 5.69 Å². The average molecular weight is 483 g/mol. The van der Waals surface area contributed by atoms with Crippen LogP contribution in [0.25, 0.3) is 11.8 Å². The Bertz CT molecular complexity index is 1290. The van der Waals surface area contributed by atoms with Crippen LogP contribution < -0.4 is 10.9 Å². The molecular formula is C23H22N4O4S2. The van der Waals surface area contributed by atoms with Crippen molar-refractivity contribution < 1.29 is 14.0 Å². The fourth-order valence-corrected chi connectivity index (χ4v) is 4.80. The lowest BCUT2D eigenvalue weighted by Crippen LogP contribution is -2.30. The highest BCUT2D eigenvalue weighted by atomic mass is 32.2. The first-order chi connectivity index (χ1) is 15.9. The van der Waals surface area contributed by atoms with Crippen LogP contribution in [-0.2, 0) is 16.6 Å². The van der Waals surface area contributed by atoms with E-state index in [1.165, 1.54) is 27.6 Å². The van der Waals surface area contributed by atoms with E-state index in [-0.39, 0.29) is 29.5 Å². The normalized spacial score (nSPS) is 15.0. The van der Waals surface area contributed by atoms with Gasteiger partial charge in [-0.25, -0.2) is 4.68 Å². The van der Waals surface area contributed by atoms with Crippen LogP contribution in [0.4, 0.5) is 5.69 Å². The van der Waals surface area contributed by atoms with Gasteiger partial charge < -0.3 is 9.73 Å². The summed E-state index contributed by atoms with van der Waals surface area (Å²) in [6.45, 7) is 2.09. The molecule has 1 N–H and O–H groups in total. The first-order valence-electron chi connectivity index (χ1n) is 10.3. The van der Waals surface area contributed by atoms with Gasteiger partial charge in [0, 0.05) is 26.1 Å². The molecule has 1 saturated heterocycles. The maximum atomic E-state index is 12.9. The molecule has 8 nitrogen and oxygen atoms in total. The third-order valence-electron chi connectivity index (χ3n) is 5.29. The number of benzene rings is 1. The van der Waals surface area contributed by atoms with Crippen LogP contribution >= 0.6 is 24.0 Å². The number of carbonyl (C=O) groups excluding carboxylic acids is 2. The minimum absolute atomic E-state index is 0.146. The highest BCUT2D eigenvalue weighted by Crippen LogP contribution is 2.32. The number of para-hydroxylation sites is 1. The Hall–Kier alpha value is -3.37. The zero-order chi connectivity index (χ0) is 23.5. The lowest BCUT2D eigenvalue weighted by molar-refractivity contribution is -0.122. The Kier molecular flexibility index (Phi) is 6.66. The van der Waals surface area contributed by atoms with Crippen molar-refractivity contribution in [1.82, 2.24) is 14.3 Å². The Morgan fingerprint density at radius 2 is 1.94 bits per heavy atom. The van der Waals surface area contributed by atoms with Crippen molar-refractivity contribution in [2.75, 3.05) is 11.9 Å². The van der Waals surface area contributed by atoms with E-state index in [4.69, 9.17) is 16.6 Å². The van der Waals surface area contributed by atoms with E-state index in [1.807, 2.05) is 30.3 Å². The van der Waals surface area contributed by atoms with Gasteiger partial charge in [0.05, 0.1) is 22.5 Å². The number of nitrogens with one attached hydrogen (secondary N) is 1. The smallest absolute Gasteiger partial charge is 0.295 e. The van der Waals surface area contributed by atoms with Gasteiger partial charge in [-0.3, -0.25) is 24.0 Å². The molecule has 1 aliphatic rings. The Morgan fingerprint density at radius 3 is 2.64 bits per heavy atom. The van der Waals surface area contributed by atoms with Crippen molar-refractivity contribution in [2.24, 2.45) is 7.05 Å². The summed E-state index contributed by atoms with van der Waals surface area (Å²) in [5, 5.41) is 2.74.